The summed E-state index contributed by atoms with van der Waals surface area (Å²) < 4.78 is 19.0. The van der Waals surface area contributed by atoms with Crippen molar-refractivity contribution in [2.45, 2.75) is 39.2 Å². The van der Waals surface area contributed by atoms with Gasteiger partial charge in [0.1, 0.15) is 18.5 Å². The number of hydrogen-bond donors (Lipinski definition) is 3. The SMILES string of the molecule is CO/N=C(/C(=N/O)C(N)=NCC1(CNC(=O)OC(C)(C)C)CC1)N(C=O)c1ccc(F)c(Br)c1. The molecule has 1 aromatic rings. The lowest BCUT2D eigenvalue weighted by Gasteiger charge is -2.21. The molecule has 13 heteroatoms. The molecule has 0 atom stereocenters. The topological polar surface area (TPSA) is 151 Å². The van der Waals surface area contributed by atoms with Crippen LogP contribution in [0.5, 0.6) is 0 Å². The maximum atomic E-state index is 13.6. The third kappa shape index (κ3) is 7.40. The van der Waals surface area contributed by atoms with Crippen molar-refractivity contribution in [1.82, 2.24) is 5.32 Å². The first-order valence-corrected chi connectivity index (χ1v) is 11.0. The van der Waals surface area contributed by atoms with E-state index in [2.05, 4.69) is 36.6 Å². The minimum absolute atomic E-state index is 0.103. The van der Waals surface area contributed by atoms with Crippen molar-refractivity contribution < 1.29 is 28.8 Å². The highest BCUT2D eigenvalue weighted by molar-refractivity contribution is 9.10. The number of oxime groups is 2. The van der Waals surface area contributed by atoms with Crippen LogP contribution >= 0.6 is 15.9 Å². The Balaban J connectivity index is 2.18. The summed E-state index contributed by atoms with van der Waals surface area (Å²) in [5.41, 5.74) is 5.00. The molecule has 2 amide bonds. The van der Waals surface area contributed by atoms with Crippen LogP contribution in [0.25, 0.3) is 0 Å². The van der Waals surface area contributed by atoms with Crippen molar-refractivity contribution in [3.8, 4) is 0 Å². The highest BCUT2D eigenvalue weighted by Gasteiger charge is 2.43. The van der Waals surface area contributed by atoms with Crippen molar-refractivity contribution >= 4 is 51.5 Å². The molecule has 4 N–H and O–H groups in total. The summed E-state index contributed by atoms with van der Waals surface area (Å²) in [7, 11) is 1.23. The number of nitrogens with zero attached hydrogens (tertiary/aromatic N) is 4. The molecular weight excluding hydrogens is 515 g/mol. The zero-order valence-electron chi connectivity index (χ0n) is 19.3. The maximum Gasteiger partial charge on any atom is 0.407 e. The summed E-state index contributed by atoms with van der Waals surface area (Å²) in [6.07, 6.45) is 1.45. The van der Waals surface area contributed by atoms with E-state index in [9.17, 15) is 19.2 Å². The zero-order valence-corrected chi connectivity index (χ0v) is 20.9. The number of carbonyl (C=O) groups is 2. The molecule has 186 valence electrons. The van der Waals surface area contributed by atoms with Gasteiger partial charge in [0, 0.05) is 18.5 Å². The Morgan fingerprint density at radius 1 is 1.41 bits per heavy atom. The van der Waals surface area contributed by atoms with E-state index in [1.807, 2.05) is 0 Å². The lowest BCUT2D eigenvalue weighted by Crippen LogP contribution is -2.43. The number of benzene rings is 1. The van der Waals surface area contributed by atoms with Gasteiger partial charge in [0.05, 0.1) is 10.2 Å². The summed E-state index contributed by atoms with van der Waals surface area (Å²) in [5.74, 6) is -1.02. The molecule has 0 bridgehead atoms. The van der Waals surface area contributed by atoms with Gasteiger partial charge in [-0.2, -0.15) is 0 Å². The van der Waals surface area contributed by atoms with Crippen LogP contribution in [0, 0.1) is 11.2 Å². The van der Waals surface area contributed by atoms with Gasteiger partial charge < -0.3 is 25.8 Å². The number of amidine groups is 2. The van der Waals surface area contributed by atoms with E-state index in [4.69, 9.17) is 15.3 Å². The predicted octanol–water partition coefficient (Wildman–Crippen LogP) is 3.00. The molecule has 1 aliphatic carbocycles. The van der Waals surface area contributed by atoms with Gasteiger partial charge in [0.2, 0.25) is 12.2 Å². The normalized spacial score (nSPS) is 16.0. The fourth-order valence-corrected chi connectivity index (χ4v) is 3.20. The molecule has 1 aliphatic rings. The van der Waals surface area contributed by atoms with Gasteiger partial charge in [0.25, 0.3) is 0 Å². The summed E-state index contributed by atoms with van der Waals surface area (Å²) in [6.45, 7) is 5.86. The second kappa shape index (κ2) is 11.3. The number of rotatable bonds is 9. The monoisotopic (exact) mass is 542 g/mol. The summed E-state index contributed by atoms with van der Waals surface area (Å²) >= 11 is 3.05. The van der Waals surface area contributed by atoms with Gasteiger partial charge in [-0.25, -0.2) is 9.18 Å². The van der Waals surface area contributed by atoms with Crippen molar-refractivity contribution in [2.24, 2.45) is 26.5 Å². The molecule has 0 unspecified atom stereocenters. The van der Waals surface area contributed by atoms with Gasteiger partial charge in [-0.3, -0.25) is 14.7 Å². The van der Waals surface area contributed by atoms with Crippen LogP contribution in [0.3, 0.4) is 0 Å². The summed E-state index contributed by atoms with van der Waals surface area (Å²) in [6, 6.07) is 3.80. The van der Waals surface area contributed by atoms with Crippen LogP contribution in [-0.2, 0) is 14.4 Å². The second-order valence-corrected chi connectivity index (χ2v) is 9.53. The molecule has 2 rings (SSSR count). The number of amides is 2. The Labute approximate surface area is 205 Å². The highest BCUT2D eigenvalue weighted by atomic mass is 79.9. The molecule has 0 radical (unpaired) electrons. The van der Waals surface area contributed by atoms with Crippen LogP contribution in [0.1, 0.15) is 33.6 Å². The van der Waals surface area contributed by atoms with E-state index in [1.165, 1.54) is 19.2 Å². The Bertz CT molecular complexity index is 1000. The Hall–Kier alpha value is -3.22. The Morgan fingerprint density at radius 3 is 2.59 bits per heavy atom. The molecule has 34 heavy (non-hydrogen) atoms. The zero-order chi connectivity index (χ0) is 25.5. The molecule has 0 heterocycles. The average molecular weight is 543 g/mol. The first kappa shape index (κ1) is 27.0. The van der Waals surface area contributed by atoms with Crippen molar-refractivity contribution in [2.75, 3.05) is 25.1 Å². The number of aliphatic imine (C=N–C) groups is 1. The van der Waals surface area contributed by atoms with E-state index in [1.54, 1.807) is 20.8 Å². The van der Waals surface area contributed by atoms with Crippen molar-refractivity contribution in [1.29, 1.82) is 0 Å². The molecule has 11 nitrogen and oxygen atoms in total. The maximum absolute atomic E-state index is 13.6. The Kier molecular flexibility index (Phi) is 8.96. The largest absolute Gasteiger partial charge is 0.444 e. The quantitative estimate of drug-likeness (QED) is 0.143. The fraction of sp³-hybridized carbons (Fsp3) is 0.476. The number of anilines is 1. The second-order valence-electron chi connectivity index (χ2n) is 8.68. The third-order valence-corrected chi connectivity index (χ3v) is 5.40. The molecule has 0 spiro atoms. The van der Waals surface area contributed by atoms with E-state index >= 15 is 0 Å². The first-order chi connectivity index (χ1) is 15.9. The number of nitrogens with one attached hydrogen (secondary N) is 1. The molecule has 0 aliphatic heterocycles. The van der Waals surface area contributed by atoms with Crippen molar-refractivity contribution in [3.05, 3.63) is 28.5 Å². The van der Waals surface area contributed by atoms with E-state index < -0.39 is 17.5 Å². The van der Waals surface area contributed by atoms with Gasteiger partial charge >= 0.3 is 6.09 Å². The number of ether oxygens (including phenoxy) is 1. The fourth-order valence-electron chi connectivity index (χ4n) is 2.84. The molecule has 1 aromatic carbocycles. The van der Waals surface area contributed by atoms with Crippen LogP contribution in [0.4, 0.5) is 14.9 Å². The third-order valence-electron chi connectivity index (χ3n) is 4.80. The minimum Gasteiger partial charge on any atom is -0.444 e. The first-order valence-electron chi connectivity index (χ1n) is 10.3. The van der Waals surface area contributed by atoms with Crippen LogP contribution < -0.4 is 16.0 Å². The van der Waals surface area contributed by atoms with Gasteiger partial charge in [-0.05, 0) is 67.7 Å². The minimum atomic E-state index is -0.614. The molecule has 1 fully saturated rings. The van der Waals surface area contributed by atoms with Gasteiger partial charge in [0.15, 0.2) is 11.5 Å². The van der Waals surface area contributed by atoms with E-state index in [0.717, 1.165) is 23.8 Å². The van der Waals surface area contributed by atoms with Gasteiger partial charge in [-0.15, -0.1) is 0 Å². The number of nitrogens with two attached hydrogens (primary N) is 1. The number of halogens is 2. The van der Waals surface area contributed by atoms with Crippen LogP contribution in [0.2, 0.25) is 0 Å². The molecule has 1 saturated carbocycles. The smallest absolute Gasteiger partial charge is 0.407 e. The number of hydrogen-bond acceptors (Lipinski definition) is 8. The summed E-state index contributed by atoms with van der Waals surface area (Å²) in [5, 5.41) is 19.2. The van der Waals surface area contributed by atoms with Crippen LogP contribution in [-0.4, -0.2) is 60.9 Å². The predicted molar refractivity (Wildman–Crippen MR) is 129 cm³/mol. The molecule has 0 saturated heterocycles. The molecular formula is C21H28BrFN6O5. The van der Waals surface area contributed by atoms with E-state index in [-0.39, 0.29) is 39.5 Å². The van der Waals surface area contributed by atoms with Crippen LogP contribution in [0.15, 0.2) is 38.0 Å². The standard InChI is InChI=1S/C21H28BrFN6O5/c1-20(2,3)34-19(31)26-11-21(7-8-21)10-25-17(24)16(27-32)18(28-33-4)29(12-30)13-5-6-15(23)14(22)9-13/h5-6,9,12,32H,7-8,10-11H2,1-4H3,(H2,24,25)(H,26,31)/b27-16+,28-18-. The van der Waals surface area contributed by atoms with Gasteiger partial charge in [-0.1, -0.05) is 10.3 Å². The lowest BCUT2D eigenvalue weighted by atomic mass is 10.1. The van der Waals surface area contributed by atoms with E-state index in [0.29, 0.717) is 13.0 Å². The lowest BCUT2D eigenvalue weighted by molar-refractivity contribution is -0.106. The molecule has 0 aromatic heterocycles. The number of carbonyl (C=O) groups excluding carboxylic acids is 2. The number of alkyl carbamates (subject to hydrolysis) is 1. The van der Waals surface area contributed by atoms with Crippen molar-refractivity contribution in [3.63, 3.8) is 0 Å². The average Bonchev–Trinajstić information content (AvgIpc) is 3.53. The Morgan fingerprint density at radius 2 is 2.09 bits per heavy atom. The highest BCUT2D eigenvalue weighted by Crippen LogP contribution is 2.45. The summed E-state index contributed by atoms with van der Waals surface area (Å²) in [4.78, 5) is 33.8.